The Kier molecular flexibility index (Phi) is 4.55. The predicted octanol–water partition coefficient (Wildman–Crippen LogP) is 3.81. The van der Waals surface area contributed by atoms with Gasteiger partial charge in [0, 0.05) is 25.2 Å². The summed E-state index contributed by atoms with van der Waals surface area (Å²) in [5.41, 5.74) is 3.48. The van der Waals surface area contributed by atoms with Gasteiger partial charge in [0.1, 0.15) is 0 Å². The van der Waals surface area contributed by atoms with Gasteiger partial charge in [0.05, 0.1) is 0 Å². The van der Waals surface area contributed by atoms with E-state index in [2.05, 4.69) is 69.1 Å². The van der Waals surface area contributed by atoms with Crippen molar-refractivity contribution in [1.82, 2.24) is 10.2 Å². The first-order chi connectivity index (χ1) is 9.23. The molecule has 1 aliphatic rings. The van der Waals surface area contributed by atoms with Crippen LogP contribution in [0.4, 0.5) is 0 Å². The molecule has 1 saturated heterocycles. The van der Waals surface area contributed by atoms with Crippen LogP contribution in [0.25, 0.3) is 0 Å². The molecule has 2 rings (SSSR count). The fourth-order valence-electron chi connectivity index (χ4n) is 2.75. The van der Waals surface area contributed by atoms with Crippen molar-refractivity contribution in [3.63, 3.8) is 0 Å². The molecule has 1 aromatic carbocycles. The Morgan fingerprint density at radius 1 is 1.10 bits per heavy atom. The molecule has 1 fully saturated rings. The van der Waals surface area contributed by atoms with Crippen LogP contribution in [0.5, 0.6) is 0 Å². The van der Waals surface area contributed by atoms with Gasteiger partial charge in [-0.25, -0.2) is 0 Å². The number of benzene rings is 1. The first-order valence-corrected chi connectivity index (χ1v) is 7.79. The second-order valence-corrected chi connectivity index (χ2v) is 8.04. The maximum Gasteiger partial charge on any atom is 0.0233 e. The van der Waals surface area contributed by atoms with Gasteiger partial charge in [0.15, 0.2) is 0 Å². The Morgan fingerprint density at radius 3 is 2.20 bits per heavy atom. The Morgan fingerprint density at radius 2 is 1.70 bits per heavy atom. The molecule has 1 aromatic rings. The highest BCUT2D eigenvalue weighted by molar-refractivity contribution is 5.22. The van der Waals surface area contributed by atoms with Gasteiger partial charge in [-0.15, -0.1) is 0 Å². The summed E-state index contributed by atoms with van der Waals surface area (Å²) in [7, 11) is 0. The fraction of sp³-hybridized carbons (Fsp3) is 0.667. The molecule has 2 heteroatoms. The molecule has 0 radical (unpaired) electrons. The van der Waals surface area contributed by atoms with E-state index in [0.717, 1.165) is 13.1 Å². The Labute approximate surface area is 124 Å². The monoisotopic (exact) mass is 274 g/mol. The number of likely N-dealkylation sites (tertiary alicyclic amines) is 1. The molecule has 112 valence electrons. The van der Waals surface area contributed by atoms with Gasteiger partial charge in [-0.3, -0.25) is 4.90 Å². The van der Waals surface area contributed by atoms with E-state index < -0.39 is 0 Å². The van der Waals surface area contributed by atoms with Crippen LogP contribution in [-0.4, -0.2) is 23.5 Å². The standard InChI is InChI=1S/C18H30N2/c1-17(2,3)19-12-15-6-8-16(9-7-15)13-20-11-10-18(4,5)14-20/h6-9,19H,10-14H2,1-5H3. The molecule has 0 amide bonds. The molecule has 1 N–H and O–H groups in total. The highest BCUT2D eigenvalue weighted by atomic mass is 15.1. The summed E-state index contributed by atoms with van der Waals surface area (Å²) < 4.78 is 0. The van der Waals surface area contributed by atoms with Crippen LogP contribution >= 0.6 is 0 Å². The van der Waals surface area contributed by atoms with Gasteiger partial charge in [-0.1, -0.05) is 38.1 Å². The van der Waals surface area contributed by atoms with Gasteiger partial charge in [0.2, 0.25) is 0 Å². The summed E-state index contributed by atoms with van der Waals surface area (Å²) in [5, 5.41) is 3.53. The molecule has 20 heavy (non-hydrogen) atoms. The summed E-state index contributed by atoms with van der Waals surface area (Å²) in [6.45, 7) is 15.9. The molecule has 1 heterocycles. The van der Waals surface area contributed by atoms with Crippen molar-refractivity contribution in [3.05, 3.63) is 35.4 Å². The topological polar surface area (TPSA) is 15.3 Å². The second kappa shape index (κ2) is 5.87. The first kappa shape index (κ1) is 15.5. The maximum atomic E-state index is 3.53. The molecule has 0 unspecified atom stereocenters. The van der Waals surface area contributed by atoms with Crippen molar-refractivity contribution >= 4 is 0 Å². The van der Waals surface area contributed by atoms with Gasteiger partial charge in [-0.05, 0) is 50.3 Å². The summed E-state index contributed by atoms with van der Waals surface area (Å²) in [6, 6.07) is 9.08. The summed E-state index contributed by atoms with van der Waals surface area (Å²) in [4.78, 5) is 2.57. The Balaban J connectivity index is 1.86. The van der Waals surface area contributed by atoms with E-state index in [1.807, 2.05) is 0 Å². The van der Waals surface area contributed by atoms with Crippen molar-refractivity contribution < 1.29 is 0 Å². The zero-order chi connectivity index (χ0) is 14.8. The minimum atomic E-state index is 0.180. The van der Waals surface area contributed by atoms with Crippen molar-refractivity contribution in [3.8, 4) is 0 Å². The Bertz CT molecular complexity index is 426. The lowest BCUT2D eigenvalue weighted by Gasteiger charge is -2.21. The smallest absolute Gasteiger partial charge is 0.0233 e. The quantitative estimate of drug-likeness (QED) is 0.898. The highest BCUT2D eigenvalue weighted by Crippen LogP contribution is 2.29. The predicted molar refractivity (Wildman–Crippen MR) is 86.7 cm³/mol. The van der Waals surface area contributed by atoms with Gasteiger partial charge in [0.25, 0.3) is 0 Å². The molecule has 0 aliphatic carbocycles. The number of nitrogens with one attached hydrogen (secondary N) is 1. The van der Waals surface area contributed by atoms with Crippen molar-refractivity contribution in [2.45, 2.75) is 59.7 Å². The molecule has 0 spiro atoms. The lowest BCUT2D eigenvalue weighted by atomic mass is 9.93. The first-order valence-electron chi connectivity index (χ1n) is 7.79. The van der Waals surface area contributed by atoms with E-state index in [1.165, 1.54) is 30.6 Å². The molecule has 0 aromatic heterocycles. The average Bonchev–Trinajstić information content (AvgIpc) is 2.67. The van der Waals surface area contributed by atoms with E-state index >= 15 is 0 Å². The zero-order valence-electron chi connectivity index (χ0n) is 13.8. The number of hydrogen-bond donors (Lipinski definition) is 1. The lowest BCUT2D eigenvalue weighted by Crippen LogP contribution is -2.35. The van der Waals surface area contributed by atoms with Crippen LogP contribution < -0.4 is 5.32 Å². The Hall–Kier alpha value is -0.860. The third-order valence-electron chi connectivity index (χ3n) is 4.01. The van der Waals surface area contributed by atoms with E-state index in [4.69, 9.17) is 0 Å². The molecular formula is C18H30N2. The normalized spacial score (nSPS) is 19.4. The minimum Gasteiger partial charge on any atom is -0.308 e. The zero-order valence-corrected chi connectivity index (χ0v) is 13.8. The number of nitrogens with zero attached hydrogens (tertiary/aromatic N) is 1. The minimum absolute atomic E-state index is 0.180. The third kappa shape index (κ3) is 4.92. The second-order valence-electron chi connectivity index (χ2n) is 8.04. The molecule has 0 saturated carbocycles. The summed E-state index contributed by atoms with van der Waals surface area (Å²) >= 11 is 0. The third-order valence-corrected chi connectivity index (χ3v) is 4.01. The van der Waals surface area contributed by atoms with Crippen LogP contribution in [-0.2, 0) is 13.1 Å². The van der Waals surface area contributed by atoms with Crippen LogP contribution in [0.2, 0.25) is 0 Å². The van der Waals surface area contributed by atoms with Crippen molar-refractivity contribution in [2.24, 2.45) is 5.41 Å². The van der Waals surface area contributed by atoms with Gasteiger partial charge < -0.3 is 5.32 Å². The summed E-state index contributed by atoms with van der Waals surface area (Å²) in [5.74, 6) is 0. The highest BCUT2D eigenvalue weighted by Gasteiger charge is 2.28. The van der Waals surface area contributed by atoms with E-state index in [-0.39, 0.29) is 5.54 Å². The van der Waals surface area contributed by atoms with Crippen molar-refractivity contribution in [1.29, 1.82) is 0 Å². The average molecular weight is 274 g/mol. The largest absolute Gasteiger partial charge is 0.308 e. The molecule has 0 bridgehead atoms. The molecule has 1 aliphatic heterocycles. The van der Waals surface area contributed by atoms with E-state index in [0.29, 0.717) is 5.41 Å². The van der Waals surface area contributed by atoms with Crippen LogP contribution in [0.15, 0.2) is 24.3 Å². The van der Waals surface area contributed by atoms with Crippen LogP contribution in [0.1, 0.15) is 52.2 Å². The van der Waals surface area contributed by atoms with Crippen molar-refractivity contribution in [2.75, 3.05) is 13.1 Å². The molecule has 0 atom stereocenters. The van der Waals surface area contributed by atoms with E-state index in [1.54, 1.807) is 0 Å². The maximum absolute atomic E-state index is 3.53. The number of hydrogen-bond acceptors (Lipinski definition) is 2. The van der Waals surface area contributed by atoms with Gasteiger partial charge in [-0.2, -0.15) is 0 Å². The number of rotatable bonds is 4. The van der Waals surface area contributed by atoms with Crippen LogP contribution in [0.3, 0.4) is 0 Å². The van der Waals surface area contributed by atoms with Gasteiger partial charge >= 0.3 is 0 Å². The SMILES string of the molecule is CC1(C)CCN(Cc2ccc(CNC(C)(C)C)cc2)C1. The van der Waals surface area contributed by atoms with E-state index in [9.17, 15) is 0 Å². The van der Waals surface area contributed by atoms with Crippen LogP contribution in [0, 0.1) is 5.41 Å². The summed E-state index contributed by atoms with van der Waals surface area (Å²) in [6.07, 6.45) is 1.32. The molecular weight excluding hydrogens is 244 g/mol. The fourth-order valence-corrected chi connectivity index (χ4v) is 2.75. The lowest BCUT2D eigenvalue weighted by molar-refractivity contribution is 0.284. The molecule has 2 nitrogen and oxygen atoms in total.